The molecule has 0 fully saturated rings. The lowest BCUT2D eigenvalue weighted by Gasteiger charge is -2.02. The van der Waals surface area contributed by atoms with E-state index in [-0.39, 0.29) is 18.2 Å². The van der Waals surface area contributed by atoms with Crippen LogP contribution in [-0.4, -0.2) is 29.7 Å². The van der Waals surface area contributed by atoms with Gasteiger partial charge in [0.25, 0.3) is 5.91 Å². The minimum Gasteiger partial charge on any atom is -0.308 e. The highest BCUT2D eigenvalue weighted by atomic mass is 16.2. The Morgan fingerprint density at radius 1 is 1.38 bits per heavy atom. The van der Waals surface area contributed by atoms with Gasteiger partial charge in [-0.2, -0.15) is 5.10 Å². The minimum absolute atomic E-state index is 0.122. The van der Waals surface area contributed by atoms with E-state index in [0.717, 1.165) is 0 Å². The van der Waals surface area contributed by atoms with Gasteiger partial charge in [0, 0.05) is 12.6 Å². The molecule has 0 bridgehead atoms. The Morgan fingerprint density at radius 2 is 2.06 bits per heavy atom. The van der Waals surface area contributed by atoms with Gasteiger partial charge in [-0.15, -0.1) is 0 Å². The van der Waals surface area contributed by atoms with Crippen molar-refractivity contribution in [3.63, 3.8) is 0 Å². The molecular weight excluding hydrogens is 206 g/mol. The van der Waals surface area contributed by atoms with Crippen molar-refractivity contribution in [2.45, 2.75) is 6.42 Å². The van der Waals surface area contributed by atoms with Crippen molar-refractivity contribution in [3.8, 4) is 0 Å². The number of nitrogens with zero attached hydrogens (tertiary/aromatic N) is 2. The molecule has 82 valence electrons. The Bertz CT molecular complexity index is 454. The fourth-order valence-electron chi connectivity index (χ4n) is 1.39. The van der Waals surface area contributed by atoms with Crippen LogP contribution >= 0.6 is 0 Å². The van der Waals surface area contributed by atoms with Crippen molar-refractivity contribution < 1.29 is 9.59 Å². The Hall–Kier alpha value is -2.17. The molecule has 0 saturated carbocycles. The van der Waals surface area contributed by atoms with Crippen LogP contribution in [-0.2, 0) is 4.79 Å². The van der Waals surface area contributed by atoms with Crippen molar-refractivity contribution in [3.05, 3.63) is 35.9 Å². The molecule has 1 aliphatic heterocycles. The second kappa shape index (κ2) is 4.14. The van der Waals surface area contributed by atoms with Crippen molar-refractivity contribution >= 4 is 17.6 Å². The first-order valence-electron chi connectivity index (χ1n) is 4.87. The Morgan fingerprint density at radius 3 is 2.62 bits per heavy atom. The Balaban J connectivity index is 2.04. The number of hydrogen-bond acceptors (Lipinski definition) is 3. The van der Waals surface area contributed by atoms with Crippen molar-refractivity contribution in [1.82, 2.24) is 10.3 Å². The number of nitrogens with one attached hydrogen (secondary N) is 1. The highest BCUT2D eigenvalue weighted by molar-refractivity contribution is 6.13. The quantitative estimate of drug-likeness (QED) is 0.748. The number of hydrogen-bond donors (Lipinski definition) is 1. The highest BCUT2D eigenvalue weighted by Crippen LogP contribution is 2.04. The second-order valence-corrected chi connectivity index (χ2v) is 3.46. The zero-order chi connectivity index (χ0) is 11.5. The highest BCUT2D eigenvalue weighted by Gasteiger charge is 2.21. The summed E-state index contributed by atoms with van der Waals surface area (Å²) in [6, 6.07) is 8.80. The molecule has 0 saturated heterocycles. The summed E-state index contributed by atoms with van der Waals surface area (Å²) in [6.45, 7) is 0. The molecular formula is C11H11N3O2. The molecule has 2 rings (SSSR count). The number of hydrazone groups is 1. The lowest BCUT2D eigenvalue weighted by atomic mass is 10.2. The number of amidine groups is 1. The number of amides is 2. The van der Waals surface area contributed by atoms with Crippen LogP contribution in [0.2, 0.25) is 0 Å². The number of rotatable bonds is 1. The maximum atomic E-state index is 11.7. The molecule has 1 aliphatic rings. The number of carbonyl (C=O) groups excluding carboxylic acids is 2. The van der Waals surface area contributed by atoms with E-state index in [1.54, 1.807) is 31.3 Å². The summed E-state index contributed by atoms with van der Waals surface area (Å²) in [7, 11) is 1.56. The summed E-state index contributed by atoms with van der Waals surface area (Å²) in [5.41, 5.74) is 0.548. The second-order valence-electron chi connectivity index (χ2n) is 3.46. The van der Waals surface area contributed by atoms with Crippen LogP contribution in [0.25, 0.3) is 0 Å². The van der Waals surface area contributed by atoms with Gasteiger partial charge in [-0.25, -0.2) is 5.01 Å². The zero-order valence-electron chi connectivity index (χ0n) is 8.80. The molecule has 1 aromatic rings. The molecule has 0 spiro atoms. The van der Waals surface area contributed by atoms with Crippen LogP contribution in [0, 0.1) is 0 Å². The van der Waals surface area contributed by atoms with Gasteiger partial charge in [0.05, 0.1) is 6.42 Å². The van der Waals surface area contributed by atoms with E-state index in [0.29, 0.717) is 11.4 Å². The third kappa shape index (κ3) is 2.08. The van der Waals surface area contributed by atoms with Gasteiger partial charge in [0.15, 0.2) is 0 Å². The van der Waals surface area contributed by atoms with Gasteiger partial charge in [0.2, 0.25) is 5.91 Å². The number of carbonyl (C=O) groups is 2. The van der Waals surface area contributed by atoms with E-state index in [2.05, 4.69) is 10.4 Å². The van der Waals surface area contributed by atoms with E-state index in [1.807, 2.05) is 6.07 Å². The molecule has 1 heterocycles. The van der Waals surface area contributed by atoms with Gasteiger partial charge < -0.3 is 5.32 Å². The summed E-state index contributed by atoms with van der Waals surface area (Å²) >= 11 is 0. The molecule has 2 amide bonds. The molecule has 5 nitrogen and oxygen atoms in total. The molecule has 0 unspecified atom stereocenters. The monoisotopic (exact) mass is 217 g/mol. The minimum atomic E-state index is -0.248. The topological polar surface area (TPSA) is 61.8 Å². The molecule has 0 radical (unpaired) electrons. The molecule has 5 heteroatoms. The van der Waals surface area contributed by atoms with Gasteiger partial charge in [0.1, 0.15) is 5.84 Å². The average Bonchev–Trinajstić information content (AvgIpc) is 2.59. The summed E-state index contributed by atoms with van der Waals surface area (Å²) in [4.78, 5) is 22.9. The first-order chi connectivity index (χ1) is 7.66. The van der Waals surface area contributed by atoms with Crippen LogP contribution in [0.3, 0.4) is 0 Å². The summed E-state index contributed by atoms with van der Waals surface area (Å²) in [6.07, 6.45) is 0.148. The standard InChI is InChI=1S/C11H11N3O2/c1-14-10(15)7-9(13-14)12-11(16)8-5-3-2-4-6-8/h2-6H,7H2,1H3,(H,12,13,16). The van der Waals surface area contributed by atoms with Crippen LogP contribution in [0.5, 0.6) is 0 Å². The van der Waals surface area contributed by atoms with E-state index in [1.165, 1.54) is 5.01 Å². The predicted molar refractivity (Wildman–Crippen MR) is 58.7 cm³/mol. The first-order valence-corrected chi connectivity index (χ1v) is 4.87. The van der Waals surface area contributed by atoms with Crippen molar-refractivity contribution in [2.24, 2.45) is 5.10 Å². The molecule has 1 N–H and O–H groups in total. The predicted octanol–water partition coefficient (Wildman–Crippen LogP) is 0.592. The normalized spacial score (nSPS) is 14.9. The lowest BCUT2D eigenvalue weighted by molar-refractivity contribution is -0.127. The third-order valence-corrected chi connectivity index (χ3v) is 2.24. The molecule has 0 aromatic heterocycles. The van der Waals surface area contributed by atoms with Crippen LogP contribution in [0.15, 0.2) is 35.4 Å². The van der Waals surface area contributed by atoms with E-state index in [9.17, 15) is 9.59 Å². The van der Waals surface area contributed by atoms with Gasteiger partial charge in [-0.05, 0) is 12.1 Å². The zero-order valence-corrected chi connectivity index (χ0v) is 8.80. The first kappa shape index (κ1) is 10.4. The van der Waals surface area contributed by atoms with E-state index in [4.69, 9.17) is 0 Å². The average molecular weight is 217 g/mol. The number of benzene rings is 1. The van der Waals surface area contributed by atoms with Crippen molar-refractivity contribution in [1.29, 1.82) is 0 Å². The fourth-order valence-corrected chi connectivity index (χ4v) is 1.39. The molecule has 1 aromatic carbocycles. The lowest BCUT2D eigenvalue weighted by Crippen LogP contribution is -2.29. The maximum absolute atomic E-state index is 11.7. The Kier molecular flexibility index (Phi) is 2.68. The summed E-state index contributed by atoms with van der Waals surface area (Å²) in [5, 5.41) is 7.73. The van der Waals surface area contributed by atoms with Crippen LogP contribution in [0.1, 0.15) is 16.8 Å². The van der Waals surface area contributed by atoms with E-state index >= 15 is 0 Å². The third-order valence-electron chi connectivity index (χ3n) is 2.24. The maximum Gasteiger partial charge on any atom is 0.256 e. The smallest absolute Gasteiger partial charge is 0.256 e. The largest absolute Gasteiger partial charge is 0.308 e. The molecule has 16 heavy (non-hydrogen) atoms. The fraction of sp³-hybridized carbons (Fsp3) is 0.182. The van der Waals surface area contributed by atoms with Crippen LogP contribution in [0.4, 0.5) is 0 Å². The SMILES string of the molecule is CN1N=C(NC(=O)c2ccccc2)CC1=O. The summed E-state index contributed by atoms with van der Waals surface area (Å²) in [5.74, 6) is 0.0205. The van der Waals surface area contributed by atoms with Gasteiger partial charge in [-0.1, -0.05) is 18.2 Å². The summed E-state index contributed by atoms with van der Waals surface area (Å²) < 4.78 is 0. The molecule has 0 aliphatic carbocycles. The molecule has 0 atom stereocenters. The van der Waals surface area contributed by atoms with E-state index < -0.39 is 0 Å². The van der Waals surface area contributed by atoms with Gasteiger partial charge >= 0.3 is 0 Å². The van der Waals surface area contributed by atoms with Crippen LogP contribution < -0.4 is 5.32 Å². The van der Waals surface area contributed by atoms with Crippen molar-refractivity contribution in [2.75, 3.05) is 7.05 Å². The Labute approximate surface area is 92.7 Å². The van der Waals surface area contributed by atoms with Gasteiger partial charge in [-0.3, -0.25) is 9.59 Å².